The summed E-state index contributed by atoms with van der Waals surface area (Å²) >= 11 is 1.40. The Bertz CT molecular complexity index is 627. The molecule has 6 heteroatoms. The molecule has 0 aliphatic heterocycles. The van der Waals surface area contributed by atoms with Crippen LogP contribution < -0.4 is 11.1 Å². The number of hydrogen-bond donors (Lipinski definition) is 2. The molecule has 1 heterocycles. The first kappa shape index (κ1) is 14.5. The molecule has 0 bridgehead atoms. The van der Waals surface area contributed by atoms with Gasteiger partial charge in [-0.05, 0) is 38.1 Å². The van der Waals surface area contributed by atoms with Crippen LogP contribution in [0.1, 0.15) is 12.7 Å². The Hall–Kier alpha value is -1.95. The largest absolute Gasteiger partial charge is 0.468 e. The second-order valence-corrected chi connectivity index (χ2v) is 5.71. The molecule has 0 saturated carbocycles. The summed E-state index contributed by atoms with van der Waals surface area (Å²) in [5.74, 6) is 0.0988. The zero-order valence-electron chi connectivity index (χ0n) is 11.1. The summed E-state index contributed by atoms with van der Waals surface area (Å²) in [6, 6.07) is 5.92. The van der Waals surface area contributed by atoms with Crippen LogP contribution in [0.4, 0.5) is 15.8 Å². The van der Waals surface area contributed by atoms with Gasteiger partial charge in [-0.3, -0.25) is 4.79 Å². The predicted octanol–water partition coefficient (Wildman–Crippen LogP) is 3.43. The monoisotopic (exact) mass is 294 g/mol. The molecule has 0 aliphatic rings. The molecule has 20 heavy (non-hydrogen) atoms. The van der Waals surface area contributed by atoms with E-state index < -0.39 is 5.82 Å². The first-order valence-electron chi connectivity index (χ1n) is 6.04. The van der Waals surface area contributed by atoms with Crippen molar-refractivity contribution in [2.75, 3.05) is 11.1 Å². The molecule has 1 unspecified atom stereocenters. The van der Waals surface area contributed by atoms with Gasteiger partial charge in [0.15, 0.2) is 0 Å². The summed E-state index contributed by atoms with van der Waals surface area (Å²) in [4.78, 5) is 13.0. The molecule has 0 aliphatic carbocycles. The maximum atomic E-state index is 13.0. The van der Waals surface area contributed by atoms with Crippen LogP contribution in [0.2, 0.25) is 0 Å². The van der Waals surface area contributed by atoms with E-state index in [0.29, 0.717) is 5.69 Å². The third-order valence-corrected chi connectivity index (χ3v) is 3.99. The number of amides is 1. The zero-order valence-corrected chi connectivity index (χ0v) is 12.0. The summed E-state index contributed by atoms with van der Waals surface area (Å²) in [5, 5.41) is 2.40. The van der Waals surface area contributed by atoms with Crippen molar-refractivity contribution in [1.82, 2.24) is 0 Å². The second kappa shape index (κ2) is 6.00. The standard InChI is InChI=1S/C14H15FN2O2S/c1-8-13(5-6-19-8)20-9(2)14(18)17-10-3-4-11(15)12(16)7-10/h3-7,9H,16H2,1-2H3,(H,17,18). The average Bonchev–Trinajstić information content (AvgIpc) is 2.79. The van der Waals surface area contributed by atoms with Crippen LogP contribution in [0.3, 0.4) is 0 Å². The van der Waals surface area contributed by atoms with E-state index in [1.165, 1.54) is 30.0 Å². The lowest BCUT2D eigenvalue weighted by molar-refractivity contribution is -0.115. The number of anilines is 2. The number of nitrogens with one attached hydrogen (secondary N) is 1. The third kappa shape index (κ3) is 3.33. The molecule has 0 spiro atoms. The zero-order chi connectivity index (χ0) is 14.7. The second-order valence-electron chi connectivity index (χ2n) is 4.33. The summed E-state index contributed by atoms with van der Waals surface area (Å²) in [6.45, 7) is 3.63. The van der Waals surface area contributed by atoms with Gasteiger partial charge in [-0.15, -0.1) is 11.8 Å². The van der Waals surface area contributed by atoms with E-state index in [9.17, 15) is 9.18 Å². The van der Waals surface area contributed by atoms with Crippen molar-refractivity contribution in [2.24, 2.45) is 0 Å². The number of benzene rings is 1. The minimum atomic E-state index is -0.501. The SMILES string of the molecule is Cc1occc1SC(C)C(=O)Nc1ccc(F)c(N)c1. The highest BCUT2D eigenvalue weighted by Crippen LogP contribution is 2.28. The average molecular weight is 294 g/mol. The van der Waals surface area contributed by atoms with E-state index in [4.69, 9.17) is 10.2 Å². The Morgan fingerprint density at radius 2 is 2.20 bits per heavy atom. The molecule has 3 N–H and O–H groups in total. The molecule has 106 valence electrons. The van der Waals surface area contributed by atoms with Crippen LogP contribution in [-0.2, 0) is 4.79 Å². The van der Waals surface area contributed by atoms with Crippen molar-refractivity contribution in [3.63, 3.8) is 0 Å². The maximum Gasteiger partial charge on any atom is 0.237 e. The van der Waals surface area contributed by atoms with Crippen molar-refractivity contribution < 1.29 is 13.6 Å². The van der Waals surface area contributed by atoms with Gasteiger partial charge in [0.2, 0.25) is 5.91 Å². The first-order valence-corrected chi connectivity index (χ1v) is 6.92. The van der Waals surface area contributed by atoms with Gasteiger partial charge in [0.05, 0.1) is 17.2 Å². The van der Waals surface area contributed by atoms with Crippen molar-refractivity contribution in [3.05, 3.63) is 42.1 Å². The normalized spacial score (nSPS) is 12.2. The highest BCUT2D eigenvalue weighted by Gasteiger charge is 2.17. The fourth-order valence-electron chi connectivity index (χ4n) is 1.60. The Balaban J connectivity index is 2.00. The minimum absolute atomic E-state index is 0.00813. The number of aryl methyl sites for hydroxylation is 1. The van der Waals surface area contributed by atoms with E-state index in [1.807, 2.05) is 13.0 Å². The van der Waals surface area contributed by atoms with E-state index in [-0.39, 0.29) is 16.8 Å². The van der Waals surface area contributed by atoms with Gasteiger partial charge in [-0.1, -0.05) is 0 Å². The lowest BCUT2D eigenvalue weighted by Crippen LogP contribution is -2.22. The first-order chi connectivity index (χ1) is 9.47. The molecule has 0 saturated heterocycles. The van der Waals surface area contributed by atoms with Crippen LogP contribution in [0.5, 0.6) is 0 Å². The number of furan rings is 1. The topological polar surface area (TPSA) is 68.3 Å². The van der Waals surface area contributed by atoms with Crippen molar-refractivity contribution >= 4 is 29.0 Å². The molecule has 1 aromatic carbocycles. The van der Waals surface area contributed by atoms with E-state index in [2.05, 4.69) is 5.32 Å². The fourth-order valence-corrected chi connectivity index (χ4v) is 2.50. The molecule has 2 rings (SSSR count). The van der Waals surface area contributed by atoms with Gasteiger partial charge in [0.1, 0.15) is 11.6 Å². The van der Waals surface area contributed by atoms with Crippen LogP contribution >= 0.6 is 11.8 Å². The smallest absolute Gasteiger partial charge is 0.237 e. The van der Waals surface area contributed by atoms with E-state index in [0.717, 1.165) is 10.7 Å². The molecule has 4 nitrogen and oxygen atoms in total. The van der Waals surface area contributed by atoms with Gasteiger partial charge < -0.3 is 15.5 Å². The molecule has 1 atom stereocenters. The number of carbonyl (C=O) groups is 1. The molecular formula is C14H15FN2O2S. The molecule has 2 aromatic rings. The molecule has 1 aromatic heterocycles. The van der Waals surface area contributed by atoms with Gasteiger partial charge >= 0.3 is 0 Å². The van der Waals surface area contributed by atoms with Gasteiger partial charge in [0.25, 0.3) is 0 Å². The van der Waals surface area contributed by atoms with Crippen LogP contribution in [0.25, 0.3) is 0 Å². The number of rotatable bonds is 4. The number of halogens is 1. The van der Waals surface area contributed by atoms with Crippen molar-refractivity contribution in [3.8, 4) is 0 Å². The van der Waals surface area contributed by atoms with E-state index >= 15 is 0 Å². The van der Waals surface area contributed by atoms with Crippen LogP contribution in [-0.4, -0.2) is 11.2 Å². The molecule has 1 amide bonds. The molecular weight excluding hydrogens is 279 g/mol. The van der Waals surface area contributed by atoms with Gasteiger partial charge in [-0.25, -0.2) is 4.39 Å². The molecule has 0 radical (unpaired) electrons. The van der Waals surface area contributed by atoms with Gasteiger partial charge in [0, 0.05) is 10.6 Å². The maximum absolute atomic E-state index is 13.0. The number of thioether (sulfide) groups is 1. The summed E-state index contributed by atoms with van der Waals surface area (Å²) in [5.41, 5.74) is 5.94. The lowest BCUT2D eigenvalue weighted by atomic mass is 10.2. The number of nitrogens with two attached hydrogens (primary N) is 1. The summed E-state index contributed by atoms with van der Waals surface area (Å²) in [6.07, 6.45) is 1.59. The van der Waals surface area contributed by atoms with Crippen LogP contribution in [0, 0.1) is 12.7 Å². The quantitative estimate of drug-likeness (QED) is 0.669. The number of hydrogen-bond acceptors (Lipinski definition) is 4. The Morgan fingerprint density at radius 3 is 2.80 bits per heavy atom. The fraction of sp³-hybridized carbons (Fsp3) is 0.214. The Labute approximate surface area is 120 Å². The lowest BCUT2D eigenvalue weighted by Gasteiger charge is -2.12. The third-order valence-electron chi connectivity index (χ3n) is 2.75. The van der Waals surface area contributed by atoms with Gasteiger partial charge in [-0.2, -0.15) is 0 Å². The Morgan fingerprint density at radius 1 is 1.45 bits per heavy atom. The minimum Gasteiger partial charge on any atom is -0.468 e. The predicted molar refractivity (Wildman–Crippen MR) is 78.2 cm³/mol. The highest BCUT2D eigenvalue weighted by molar-refractivity contribution is 8.00. The van der Waals surface area contributed by atoms with Crippen molar-refractivity contribution in [2.45, 2.75) is 24.0 Å². The number of carbonyl (C=O) groups excluding carboxylic acids is 1. The molecule has 0 fully saturated rings. The summed E-state index contributed by atoms with van der Waals surface area (Å²) < 4.78 is 18.2. The Kier molecular flexibility index (Phi) is 4.34. The highest BCUT2D eigenvalue weighted by atomic mass is 32.2. The van der Waals surface area contributed by atoms with Crippen molar-refractivity contribution in [1.29, 1.82) is 0 Å². The van der Waals surface area contributed by atoms with E-state index in [1.54, 1.807) is 13.2 Å². The number of nitrogen functional groups attached to an aromatic ring is 1. The summed E-state index contributed by atoms with van der Waals surface area (Å²) in [7, 11) is 0. The van der Waals surface area contributed by atoms with Crippen LogP contribution in [0.15, 0.2) is 39.8 Å².